The first-order valence-corrected chi connectivity index (χ1v) is 6.42. The highest BCUT2D eigenvalue weighted by Crippen LogP contribution is 2.25. The lowest BCUT2D eigenvalue weighted by Gasteiger charge is -2.20. The fourth-order valence-electron chi connectivity index (χ4n) is 1.66. The van der Waals surface area contributed by atoms with E-state index in [2.05, 4.69) is 53.7 Å². The molecule has 0 fully saturated rings. The van der Waals surface area contributed by atoms with Crippen molar-refractivity contribution in [2.45, 2.75) is 73.4 Å². The lowest BCUT2D eigenvalue weighted by Crippen LogP contribution is -2.13. The molecule has 0 spiro atoms. The summed E-state index contributed by atoms with van der Waals surface area (Å²) in [6.45, 7) is 12.8. The monoisotopic (exact) mass is 228 g/mol. The van der Waals surface area contributed by atoms with Crippen molar-refractivity contribution >= 4 is 0 Å². The van der Waals surface area contributed by atoms with Crippen LogP contribution >= 0.6 is 0 Å². The van der Waals surface area contributed by atoms with E-state index < -0.39 is 6.17 Å². The Bertz CT molecular complexity index is 202. The van der Waals surface area contributed by atoms with Crippen LogP contribution < -0.4 is 0 Å². The quantitative estimate of drug-likeness (QED) is 0.428. The molecule has 0 aromatic rings. The van der Waals surface area contributed by atoms with Crippen molar-refractivity contribution < 1.29 is 4.39 Å². The SMILES string of the molecule is CC(C)(C)/C=C/CCCC(F)CC(C)(C)C. The average molecular weight is 228 g/mol. The van der Waals surface area contributed by atoms with Gasteiger partial charge in [0.05, 0.1) is 0 Å². The maximum Gasteiger partial charge on any atom is 0.101 e. The third kappa shape index (κ3) is 11.7. The molecule has 1 unspecified atom stereocenters. The number of rotatable bonds is 5. The molecule has 0 aliphatic heterocycles. The van der Waals surface area contributed by atoms with Crippen molar-refractivity contribution in [3.05, 3.63) is 12.2 Å². The topological polar surface area (TPSA) is 0 Å². The van der Waals surface area contributed by atoms with Crippen LogP contribution in [0.15, 0.2) is 12.2 Å². The van der Waals surface area contributed by atoms with Gasteiger partial charge in [0.1, 0.15) is 6.17 Å². The molecule has 0 N–H and O–H groups in total. The summed E-state index contributed by atoms with van der Waals surface area (Å²) < 4.78 is 13.5. The Morgan fingerprint density at radius 3 is 2.06 bits per heavy atom. The summed E-state index contributed by atoms with van der Waals surface area (Å²) in [7, 11) is 0. The fraction of sp³-hybridized carbons (Fsp3) is 0.867. The second-order valence-electron chi connectivity index (χ2n) is 7.06. The highest BCUT2D eigenvalue weighted by atomic mass is 19.1. The smallest absolute Gasteiger partial charge is 0.101 e. The predicted molar refractivity (Wildman–Crippen MR) is 71.4 cm³/mol. The molecule has 1 heteroatoms. The van der Waals surface area contributed by atoms with Crippen LogP contribution in [0, 0.1) is 10.8 Å². The average Bonchev–Trinajstić information content (AvgIpc) is 1.97. The second-order valence-corrected chi connectivity index (χ2v) is 7.06. The van der Waals surface area contributed by atoms with E-state index in [9.17, 15) is 4.39 Å². The molecule has 0 aliphatic rings. The molecule has 0 saturated carbocycles. The Balaban J connectivity index is 3.64. The maximum atomic E-state index is 13.5. The van der Waals surface area contributed by atoms with Crippen molar-refractivity contribution in [2.75, 3.05) is 0 Å². The van der Waals surface area contributed by atoms with Gasteiger partial charge in [0.15, 0.2) is 0 Å². The van der Waals surface area contributed by atoms with E-state index in [1.165, 1.54) is 0 Å². The zero-order valence-corrected chi connectivity index (χ0v) is 11.9. The molecule has 0 saturated heterocycles. The second kappa shape index (κ2) is 6.42. The zero-order valence-electron chi connectivity index (χ0n) is 11.9. The normalized spacial score (nSPS) is 15.7. The molecule has 0 radical (unpaired) electrons. The molecule has 0 amide bonds. The summed E-state index contributed by atoms with van der Waals surface area (Å²) in [6.07, 6.45) is 7.10. The van der Waals surface area contributed by atoms with Crippen LogP contribution in [0.4, 0.5) is 4.39 Å². The summed E-state index contributed by atoms with van der Waals surface area (Å²) in [4.78, 5) is 0. The first-order chi connectivity index (χ1) is 7.10. The van der Waals surface area contributed by atoms with Crippen LogP contribution in [0.2, 0.25) is 0 Å². The highest BCUT2D eigenvalue weighted by molar-refractivity contribution is 4.91. The molecular weight excluding hydrogens is 199 g/mol. The zero-order chi connectivity index (χ0) is 12.8. The van der Waals surface area contributed by atoms with Gasteiger partial charge in [-0.15, -0.1) is 0 Å². The Morgan fingerprint density at radius 1 is 1.06 bits per heavy atom. The van der Waals surface area contributed by atoms with Gasteiger partial charge in [-0.1, -0.05) is 53.7 Å². The largest absolute Gasteiger partial charge is 0.247 e. The summed E-state index contributed by atoms with van der Waals surface area (Å²) in [6, 6.07) is 0. The van der Waals surface area contributed by atoms with Crippen LogP contribution in [0.25, 0.3) is 0 Å². The number of allylic oxidation sites excluding steroid dienone is 2. The van der Waals surface area contributed by atoms with Crippen LogP contribution in [0.5, 0.6) is 0 Å². The summed E-state index contributed by atoms with van der Waals surface area (Å²) >= 11 is 0. The Hall–Kier alpha value is -0.330. The van der Waals surface area contributed by atoms with Crippen molar-refractivity contribution in [1.82, 2.24) is 0 Å². The van der Waals surface area contributed by atoms with Gasteiger partial charge in [0.2, 0.25) is 0 Å². The van der Waals surface area contributed by atoms with E-state index in [0.717, 1.165) is 12.8 Å². The minimum atomic E-state index is -0.636. The molecule has 0 heterocycles. The Kier molecular flexibility index (Phi) is 6.28. The van der Waals surface area contributed by atoms with Gasteiger partial charge in [-0.05, 0) is 36.5 Å². The maximum absolute atomic E-state index is 13.5. The molecule has 0 nitrogen and oxygen atoms in total. The third-order valence-electron chi connectivity index (χ3n) is 2.34. The van der Waals surface area contributed by atoms with E-state index in [1.807, 2.05) is 0 Å². The minimum absolute atomic E-state index is 0.112. The minimum Gasteiger partial charge on any atom is -0.247 e. The van der Waals surface area contributed by atoms with Crippen LogP contribution in [0.3, 0.4) is 0 Å². The van der Waals surface area contributed by atoms with Crippen molar-refractivity contribution in [2.24, 2.45) is 10.8 Å². The van der Waals surface area contributed by atoms with E-state index in [4.69, 9.17) is 0 Å². The van der Waals surface area contributed by atoms with Gasteiger partial charge in [-0.3, -0.25) is 0 Å². The molecule has 96 valence electrons. The van der Waals surface area contributed by atoms with Gasteiger partial charge >= 0.3 is 0 Å². The van der Waals surface area contributed by atoms with Crippen LogP contribution in [-0.2, 0) is 0 Å². The molecular formula is C15H29F. The van der Waals surface area contributed by atoms with Gasteiger partial charge in [-0.2, -0.15) is 0 Å². The predicted octanol–water partition coefficient (Wildman–Crippen LogP) is 5.53. The van der Waals surface area contributed by atoms with Gasteiger partial charge < -0.3 is 0 Å². The fourth-order valence-corrected chi connectivity index (χ4v) is 1.66. The summed E-state index contributed by atoms with van der Waals surface area (Å²) in [5.41, 5.74) is 0.362. The first-order valence-electron chi connectivity index (χ1n) is 6.42. The van der Waals surface area contributed by atoms with Crippen molar-refractivity contribution in [3.63, 3.8) is 0 Å². The molecule has 0 bridgehead atoms. The number of hydrogen-bond donors (Lipinski definition) is 0. The first kappa shape index (κ1) is 15.7. The molecule has 0 aliphatic carbocycles. The van der Waals surface area contributed by atoms with Crippen LogP contribution in [-0.4, -0.2) is 6.17 Å². The molecule has 1 atom stereocenters. The van der Waals surface area contributed by atoms with E-state index in [1.54, 1.807) is 0 Å². The molecule has 0 rings (SSSR count). The molecule has 0 aromatic heterocycles. The lowest BCUT2D eigenvalue weighted by atomic mass is 9.88. The number of alkyl halides is 1. The standard InChI is InChI=1S/C15H29F/c1-14(2,3)11-9-7-8-10-13(16)12-15(4,5)6/h9,11,13H,7-8,10,12H2,1-6H3/b11-9+. The van der Waals surface area contributed by atoms with Crippen molar-refractivity contribution in [1.29, 1.82) is 0 Å². The number of unbranched alkanes of at least 4 members (excludes halogenated alkanes) is 1. The van der Waals surface area contributed by atoms with E-state index in [0.29, 0.717) is 12.8 Å². The molecule has 16 heavy (non-hydrogen) atoms. The van der Waals surface area contributed by atoms with Gasteiger partial charge in [-0.25, -0.2) is 4.39 Å². The summed E-state index contributed by atoms with van der Waals surface area (Å²) in [5.74, 6) is 0. The number of halogens is 1. The number of hydrogen-bond acceptors (Lipinski definition) is 0. The Labute approximate surface area is 101 Å². The van der Waals surface area contributed by atoms with E-state index >= 15 is 0 Å². The highest BCUT2D eigenvalue weighted by Gasteiger charge is 2.17. The van der Waals surface area contributed by atoms with Crippen LogP contribution in [0.1, 0.15) is 67.2 Å². The third-order valence-corrected chi connectivity index (χ3v) is 2.34. The van der Waals surface area contributed by atoms with E-state index in [-0.39, 0.29) is 10.8 Å². The lowest BCUT2D eigenvalue weighted by molar-refractivity contribution is 0.211. The van der Waals surface area contributed by atoms with Gasteiger partial charge in [0.25, 0.3) is 0 Å². The molecule has 0 aromatic carbocycles. The van der Waals surface area contributed by atoms with Gasteiger partial charge in [0, 0.05) is 0 Å². The van der Waals surface area contributed by atoms with Crippen molar-refractivity contribution in [3.8, 4) is 0 Å². The Morgan fingerprint density at radius 2 is 1.62 bits per heavy atom. The summed E-state index contributed by atoms with van der Waals surface area (Å²) in [5, 5.41) is 0.